The van der Waals surface area contributed by atoms with Gasteiger partial charge in [0, 0.05) is 12.6 Å². The minimum atomic E-state index is -0.519. The maximum atomic E-state index is 12.4. The van der Waals surface area contributed by atoms with Crippen LogP contribution in [0.15, 0.2) is 48.5 Å². The van der Waals surface area contributed by atoms with Crippen LogP contribution in [0.25, 0.3) is 0 Å². The summed E-state index contributed by atoms with van der Waals surface area (Å²) in [4.78, 5) is 12.4. The lowest BCUT2D eigenvalue weighted by molar-refractivity contribution is -0.128. The minimum absolute atomic E-state index is 0.0952. The van der Waals surface area contributed by atoms with Crippen LogP contribution in [0.3, 0.4) is 0 Å². The van der Waals surface area contributed by atoms with Crippen LogP contribution in [0.2, 0.25) is 0 Å². The molecule has 0 aliphatic heterocycles. The van der Waals surface area contributed by atoms with Gasteiger partial charge in [-0.1, -0.05) is 25.1 Å². The lowest BCUT2D eigenvalue weighted by Gasteiger charge is -2.17. The van der Waals surface area contributed by atoms with Crippen molar-refractivity contribution in [2.75, 3.05) is 13.7 Å². The molecule has 2 rings (SSSR count). The molecule has 2 aromatic carbocycles. The SMILES string of the molecule is CCC(Oc1cccc(OC)c1)C(=O)NCCCc1cccc(OC(C)C)c1. The van der Waals surface area contributed by atoms with Gasteiger partial charge < -0.3 is 19.5 Å². The second-order valence-electron chi connectivity index (χ2n) is 6.90. The van der Waals surface area contributed by atoms with Crippen LogP contribution in [0.1, 0.15) is 39.2 Å². The minimum Gasteiger partial charge on any atom is -0.497 e. The van der Waals surface area contributed by atoms with Crippen molar-refractivity contribution in [2.24, 2.45) is 0 Å². The summed E-state index contributed by atoms with van der Waals surface area (Å²) >= 11 is 0. The van der Waals surface area contributed by atoms with Gasteiger partial charge in [0.05, 0.1) is 13.2 Å². The van der Waals surface area contributed by atoms with Crippen molar-refractivity contribution < 1.29 is 19.0 Å². The van der Waals surface area contributed by atoms with Gasteiger partial charge in [-0.2, -0.15) is 0 Å². The summed E-state index contributed by atoms with van der Waals surface area (Å²) in [6.45, 7) is 6.57. The van der Waals surface area contributed by atoms with Gasteiger partial charge in [-0.15, -0.1) is 0 Å². The van der Waals surface area contributed by atoms with E-state index in [-0.39, 0.29) is 12.0 Å². The summed E-state index contributed by atoms with van der Waals surface area (Å²) in [5.41, 5.74) is 1.20. The number of benzene rings is 2. The van der Waals surface area contributed by atoms with E-state index >= 15 is 0 Å². The summed E-state index contributed by atoms with van der Waals surface area (Å²) in [5, 5.41) is 2.97. The van der Waals surface area contributed by atoms with Crippen molar-refractivity contribution in [1.82, 2.24) is 5.32 Å². The Labute approximate surface area is 168 Å². The molecule has 5 heteroatoms. The molecule has 2 aromatic rings. The van der Waals surface area contributed by atoms with Crippen LogP contribution in [0.4, 0.5) is 0 Å². The van der Waals surface area contributed by atoms with Crippen molar-refractivity contribution in [2.45, 2.75) is 52.2 Å². The van der Waals surface area contributed by atoms with Gasteiger partial charge in [0.25, 0.3) is 5.91 Å². The van der Waals surface area contributed by atoms with Crippen LogP contribution in [0.5, 0.6) is 17.2 Å². The molecule has 1 amide bonds. The number of amides is 1. The molecule has 0 saturated carbocycles. The van der Waals surface area contributed by atoms with Gasteiger partial charge in [0.2, 0.25) is 0 Å². The van der Waals surface area contributed by atoms with Gasteiger partial charge >= 0.3 is 0 Å². The molecule has 1 atom stereocenters. The van der Waals surface area contributed by atoms with E-state index in [1.54, 1.807) is 13.2 Å². The Morgan fingerprint density at radius 1 is 1.00 bits per heavy atom. The van der Waals surface area contributed by atoms with E-state index in [4.69, 9.17) is 14.2 Å². The molecule has 5 nitrogen and oxygen atoms in total. The summed E-state index contributed by atoms with van der Waals surface area (Å²) in [7, 11) is 1.60. The number of ether oxygens (including phenoxy) is 3. The summed E-state index contributed by atoms with van der Waals surface area (Å²) in [5.74, 6) is 2.12. The second-order valence-corrected chi connectivity index (χ2v) is 6.90. The maximum absolute atomic E-state index is 12.4. The number of hydrogen-bond donors (Lipinski definition) is 1. The first kappa shape index (κ1) is 21.6. The molecule has 0 bridgehead atoms. The van der Waals surface area contributed by atoms with E-state index < -0.39 is 6.10 Å². The van der Waals surface area contributed by atoms with E-state index in [0.29, 0.717) is 24.5 Å². The molecule has 0 fully saturated rings. The Morgan fingerprint density at radius 3 is 2.36 bits per heavy atom. The Balaban J connectivity index is 1.79. The highest BCUT2D eigenvalue weighted by Crippen LogP contribution is 2.21. The third-order valence-corrected chi connectivity index (χ3v) is 4.19. The zero-order chi connectivity index (χ0) is 20.4. The highest BCUT2D eigenvalue weighted by molar-refractivity contribution is 5.81. The zero-order valence-electron chi connectivity index (χ0n) is 17.2. The number of rotatable bonds is 11. The smallest absolute Gasteiger partial charge is 0.261 e. The number of carbonyl (C=O) groups excluding carboxylic acids is 1. The predicted molar refractivity (Wildman–Crippen MR) is 111 cm³/mol. The van der Waals surface area contributed by atoms with Crippen LogP contribution in [0, 0.1) is 0 Å². The molecule has 0 aromatic heterocycles. The molecule has 1 N–H and O–H groups in total. The van der Waals surface area contributed by atoms with Crippen LogP contribution in [-0.2, 0) is 11.2 Å². The van der Waals surface area contributed by atoms with Crippen molar-refractivity contribution in [3.8, 4) is 17.2 Å². The van der Waals surface area contributed by atoms with Gasteiger partial charge in [-0.05, 0) is 62.9 Å². The van der Waals surface area contributed by atoms with Crippen LogP contribution >= 0.6 is 0 Å². The quantitative estimate of drug-likeness (QED) is 0.583. The lowest BCUT2D eigenvalue weighted by Crippen LogP contribution is -2.38. The summed E-state index contributed by atoms with van der Waals surface area (Å²) in [6, 6.07) is 15.4. The van der Waals surface area contributed by atoms with Gasteiger partial charge in [0.1, 0.15) is 17.2 Å². The average Bonchev–Trinajstić information content (AvgIpc) is 2.69. The van der Waals surface area contributed by atoms with Gasteiger partial charge in [0.15, 0.2) is 6.10 Å². The topological polar surface area (TPSA) is 56.8 Å². The summed E-state index contributed by atoms with van der Waals surface area (Å²) < 4.78 is 16.7. The fourth-order valence-electron chi connectivity index (χ4n) is 2.83. The highest BCUT2D eigenvalue weighted by atomic mass is 16.5. The zero-order valence-corrected chi connectivity index (χ0v) is 17.2. The normalized spacial score (nSPS) is 11.8. The molecule has 152 valence electrons. The largest absolute Gasteiger partial charge is 0.497 e. The van der Waals surface area contributed by atoms with E-state index in [1.807, 2.05) is 51.1 Å². The standard InChI is InChI=1S/C23H31NO4/c1-5-22(28-21-13-7-11-19(16-21)26-4)23(25)24-14-8-10-18-9-6-12-20(15-18)27-17(2)3/h6-7,9,11-13,15-17,22H,5,8,10,14H2,1-4H3,(H,24,25). The monoisotopic (exact) mass is 385 g/mol. The van der Waals surface area contributed by atoms with Crippen LogP contribution < -0.4 is 19.5 Å². The maximum Gasteiger partial charge on any atom is 0.261 e. The predicted octanol–water partition coefficient (Wildman–Crippen LogP) is 4.39. The first-order valence-electron chi connectivity index (χ1n) is 9.85. The molecular weight excluding hydrogens is 354 g/mol. The molecule has 1 unspecified atom stereocenters. The number of carbonyl (C=O) groups is 1. The summed E-state index contributed by atoms with van der Waals surface area (Å²) in [6.07, 6.45) is 1.97. The Bertz CT molecular complexity index is 745. The third-order valence-electron chi connectivity index (χ3n) is 4.19. The first-order valence-corrected chi connectivity index (χ1v) is 9.85. The molecule has 0 radical (unpaired) electrons. The van der Waals surface area contributed by atoms with E-state index in [9.17, 15) is 4.79 Å². The Kier molecular flexibility index (Phi) is 8.66. The van der Waals surface area contributed by atoms with Crippen molar-refractivity contribution in [1.29, 1.82) is 0 Å². The molecule has 0 spiro atoms. The Hall–Kier alpha value is -2.69. The van der Waals surface area contributed by atoms with Crippen LogP contribution in [-0.4, -0.2) is 31.8 Å². The second kappa shape index (κ2) is 11.2. The number of aryl methyl sites for hydroxylation is 1. The molecular formula is C23H31NO4. The van der Waals surface area contributed by atoms with Crippen molar-refractivity contribution in [3.63, 3.8) is 0 Å². The van der Waals surface area contributed by atoms with Gasteiger partial charge in [-0.25, -0.2) is 0 Å². The van der Waals surface area contributed by atoms with E-state index in [2.05, 4.69) is 17.4 Å². The number of hydrogen-bond acceptors (Lipinski definition) is 4. The Morgan fingerprint density at radius 2 is 1.68 bits per heavy atom. The van der Waals surface area contributed by atoms with Crippen molar-refractivity contribution in [3.05, 3.63) is 54.1 Å². The number of methoxy groups -OCH3 is 1. The first-order chi connectivity index (χ1) is 13.5. The fraction of sp³-hybridized carbons (Fsp3) is 0.435. The number of nitrogens with one attached hydrogen (secondary N) is 1. The van der Waals surface area contributed by atoms with E-state index in [1.165, 1.54) is 5.56 Å². The molecule has 28 heavy (non-hydrogen) atoms. The van der Waals surface area contributed by atoms with E-state index in [0.717, 1.165) is 18.6 Å². The lowest BCUT2D eigenvalue weighted by atomic mass is 10.1. The molecule has 0 saturated heterocycles. The molecule has 0 aliphatic rings. The highest BCUT2D eigenvalue weighted by Gasteiger charge is 2.18. The van der Waals surface area contributed by atoms with Crippen molar-refractivity contribution >= 4 is 5.91 Å². The molecule has 0 aliphatic carbocycles. The third kappa shape index (κ3) is 7.14. The fourth-order valence-corrected chi connectivity index (χ4v) is 2.83. The average molecular weight is 386 g/mol. The van der Waals surface area contributed by atoms with Gasteiger partial charge in [-0.3, -0.25) is 4.79 Å². The molecule has 0 heterocycles.